The van der Waals surface area contributed by atoms with Crippen LogP contribution in [0.1, 0.15) is 36.5 Å². The van der Waals surface area contributed by atoms with Crippen LogP contribution in [0.2, 0.25) is 0 Å². The molecular formula is C34H36FN7O4. The molecule has 1 fully saturated rings. The highest BCUT2D eigenvalue weighted by atomic mass is 19.1. The number of carbonyl (C=O) groups excluding carboxylic acids is 2. The van der Waals surface area contributed by atoms with Crippen molar-refractivity contribution in [3.8, 4) is 28.6 Å². The summed E-state index contributed by atoms with van der Waals surface area (Å²) in [7, 11) is 3.67. The van der Waals surface area contributed by atoms with Crippen molar-refractivity contribution in [2.45, 2.75) is 26.3 Å². The van der Waals surface area contributed by atoms with Crippen LogP contribution in [0.25, 0.3) is 11.3 Å². The molecule has 2 N–H and O–H groups in total. The zero-order valence-electron chi connectivity index (χ0n) is 26.2. The minimum atomic E-state index is -1.21. The van der Waals surface area contributed by atoms with E-state index in [2.05, 4.69) is 37.4 Å². The van der Waals surface area contributed by atoms with Crippen molar-refractivity contribution in [3.63, 3.8) is 0 Å². The molecular weight excluding hydrogens is 589 g/mol. The molecule has 0 spiro atoms. The van der Waals surface area contributed by atoms with Gasteiger partial charge in [-0.05, 0) is 36.9 Å². The molecule has 12 heteroatoms. The van der Waals surface area contributed by atoms with Gasteiger partial charge in [-0.1, -0.05) is 44.2 Å². The van der Waals surface area contributed by atoms with Gasteiger partial charge in [0.2, 0.25) is 17.7 Å². The Hall–Kier alpha value is -5.10. The van der Waals surface area contributed by atoms with E-state index in [0.717, 1.165) is 31.7 Å². The lowest BCUT2D eigenvalue weighted by Crippen LogP contribution is -2.48. The second-order valence-corrected chi connectivity index (χ2v) is 12.1. The first-order valence-corrected chi connectivity index (χ1v) is 15.1. The van der Waals surface area contributed by atoms with E-state index in [1.54, 1.807) is 57.6 Å². The van der Waals surface area contributed by atoms with Gasteiger partial charge in [-0.3, -0.25) is 10.1 Å². The van der Waals surface area contributed by atoms with Crippen molar-refractivity contribution >= 4 is 17.9 Å². The van der Waals surface area contributed by atoms with E-state index >= 15 is 4.39 Å². The minimum absolute atomic E-state index is 0.00357. The predicted molar refractivity (Wildman–Crippen MR) is 170 cm³/mol. The van der Waals surface area contributed by atoms with Crippen LogP contribution < -0.4 is 25.0 Å². The maximum atomic E-state index is 15.2. The van der Waals surface area contributed by atoms with Crippen molar-refractivity contribution in [3.05, 3.63) is 89.5 Å². The molecule has 2 aromatic carbocycles. The Kier molecular flexibility index (Phi) is 8.55. The molecule has 2 aliphatic rings. The maximum Gasteiger partial charge on any atom is 0.321 e. The SMILES string of the molecule is COc1ccc(CNC(=O)NC(=O)C(C)(C)[C@@H]2c3ccc(-c4cnc(N5CCN(C)CC5)nc4)nc3Oc3c(F)cccc32)cc1. The second kappa shape index (κ2) is 12.7. The number of piperazine rings is 1. The summed E-state index contributed by atoms with van der Waals surface area (Å²) in [6.07, 6.45) is 3.43. The highest BCUT2D eigenvalue weighted by Gasteiger charge is 2.45. The molecule has 0 saturated carbocycles. The first kappa shape index (κ1) is 30.9. The van der Waals surface area contributed by atoms with Crippen LogP contribution in [-0.4, -0.2) is 72.1 Å². The van der Waals surface area contributed by atoms with Gasteiger partial charge in [0.15, 0.2) is 11.6 Å². The fourth-order valence-electron chi connectivity index (χ4n) is 5.80. The molecule has 1 saturated heterocycles. The van der Waals surface area contributed by atoms with Gasteiger partial charge in [-0.2, -0.15) is 0 Å². The highest BCUT2D eigenvalue weighted by Crippen LogP contribution is 2.52. The summed E-state index contributed by atoms with van der Waals surface area (Å²) in [5.41, 5.74) is 1.92. The van der Waals surface area contributed by atoms with E-state index in [-0.39, 0.29) is 18.2 Å². The summed E-state index contributed by atoms with van der Waals surface area (Å²) in [6, 6.07) is 14.8. The molecule has 3 amide bonds. The third-order valence-electron chi connectivity index (χ3n) is 8.57. The zero-order chi connectivity index (χ0) is 32.4. The number of methoxy groups -OCH3 is 1. The monoisotopic (exact) mass is 625 g/mol. The topological polar surface area (TPSA) is 122 Å². The number of hydrogen-bond donors (Lipinski definition) is 2. The standard InChI is InChI=1S/C34H36FN7O4/c1-34(2,31(43)40-33(44)38-18-21-8-10-23(45-4)11-9-21)28-24-6-5-7-26(35)29(24)46-30-25(28)12-13-27(39-30)22-19-36-32(37-20-22)42-16-14-41(3)15-17-42/h5-13,19-20,28H,14-18H2,1-4H3,(H2,38,40,43,44)/t28-/m0/s1. The lowest BCUT2D eigenvalue weighted by molar-refractivity contribution is -0.128. The number of anilines is 1. The Labute approximate surface area is 266 Å². The lowest BCUT2D eigenvalue weighted by Gasteiger charge is -2.37. The molecule has 46 heavy (non-hydrogen) atoms. The molecule has 0 bridgehead atoms. The molecule has 4 aromatic rings. The van der Waals surface area contributed by atoms with Crippen LogP contribution in [0.5, 0.6) is 17.4 Å². The number of urea groups is 1. The van der Waals surface area contributed by atoms with Crippen LogP contribution >= 0.6 is 0 Å². The number of ether oxygens (including phenoxy) is 2. The Morgan fingerprint density at radius 1 is 1.00 bits per heavy atom. The molecule has 4 heterocycles. The van der Waals surface area contributed by atoms with Gasteiger partial charge >= 0.3 is 6.03 Å². The number of amides is 3. The van der Waals surface area contributed by atoms with Gasteiger partial charge in [0.1, 0.15) is 5.75 Å². The van der Waals surface area contributed by atoms with Gasteiger partial charge < -0.3 is 24.6 Å². The number of likely N-dealkylation sites (N-methyl/N-ethyl adjacent to an activating group) is 1. The van der Waals surface area contributed by atoms with Gasteiger partial charge in [0.25, 0.3) is 0 Å². The average molecular weight is 626 g/mol. The van der Waals surface area contributed by atoms with Gasteiger partial charge in [0, 0.05) is 67.7 Å². The Balaban J connectivity index is 1.23. The largest absolute Gasteiger partial charge is 0.497 e. The van der Waals surface area contributed by atoms with E-state index in [0.29, 0.717) is 34.1 Å². The van der Waals surface area contributed by atoms with Crippen molar-refractivity contribution in [2.75, 3.05) is 45.2 Å². The number of fused-ring (bicyclic) bond motifs is 2. The average Bonchev–Trinajstić information content (AvgIpc) is 3.07. The first-order valence-electron chi connectivity index (χ1n) is 15.1. The molecule has 2 aromatic heterocycles. The van der Waals surface area contributed by atoms with Gasteiger partial charge in [-0.25, -0.2) is 24.1 Å². The van der Waals surface area contributed by atoms with Crippen LogP contribution in [-0.2, 0) is 11.3 Å². The fraction of sp³-hybridized carbons (Fsp3) is 0.324. The Morgan fingerprint density at radius 2 is 1.72 bits per heavy atom. The summed E-state index contributed by atoms with van der Waals surface area (Å²) in [4.78, 5) is 44.7. The number of benzene rings is 2. The number of carbonyl (C=O) groups is 2. The lowest BCUT2D eigenvalue weighted by atomic mass is 9.69. The molecule has 0 radical (unpaired) electrons. The van der Waals surface area contributed by atoms with E-state index in [4.69, 9.17) is 14.5 Å². The van der Waals surface area contributed by atoms with Gasteiger partial charge in [0.05, 0.1) is 18.2 Å². The molecule has 1 atom stereocenters. The van der Waals surface area contributed by atoms with E-state index in [1.165, 1.54) is 6.07 Å². The van der Waals surface area contributed by atoms with Gasteiger partial charge in [-0.15, -0.1) is 0 Å². The molecule has 0 unspecified atom stereocenters. The van der Waals surface area contributed by atoms with E-state index in [9.17, 15) is 9.59 Å². The highest BCUT2D eigenvalue weighted by molar-refractivity contribution is 5.98. The van der Waals surface area contributed by atoms with Crippen LogP contribution in [0.15, 0.2) is 67.0 Å². The summed E-state index contributed by atoms with van der Waals surface area (Å²) in [6.45, 7) is 7.22. The van der Waals surface area contributed by atoms with E-state index in [1.807, 2.05) is 24.3 Å². The minimum Gasteiger partial charge on any atom is -0.497 e. The maximum absolute atomic E-state index is 15.2. The van der Waals surface area contributed by atoms with Crippen molar-refractivity contribution in [2.24, 2.45) is 5.41 Å². The summed E-state index contributed by atoms with van der Waals surface area (Å²) in [5.74, 6) is -0.257. The fourth-order valence-corrected chi connectivity index (χ4v) is 5.80. The smallest absolute Gasteiger partial charge is 0.321 e. The van der Waals surface area contributed by atoms with Crippen LogP contribution in [0.3, 0.4) is 0 Å². The summed E-state index contributed by atoms with van der Waals surface area (Å²) >= 11 is 0. The van der Waals surface area contributed by atoms with Crippen molar-refractivity contribution in [1.82, 2.24) is 30.5 Å². The number of nitrogens with zero attached hydrogens (tertiary/aromatic N) is 5. The Bertz CT molecular complexity index is 1740. The van der Waals surface area contributed by atoms with Crippen molar-refractivity contribution < 1.29 is 23.5 Å². The number of aromatic nitrogens is 3. The first-order chi connectivity index (χ1) is 22.1. The Morgan fingerprint density at radius 3 is 2.41 bits per heavy atom. The van der Waals surface area contributed by atoms with Crippen molar-refractivity contribution in [1.29, 1.82) is 0 Å². The normalized spacial score (nSPS) is 16.1. The predicted octanol–water partition coefficient (Wildman–Crippen LogP) is 4.73. The van der Waals surface area contributed by atoms with E-state index < -0.39 is 29.1 Å². The van der Waals surface area contributed by atoms with Crippen LogP contribution in [0.4, 0.5) is 15.1 Å². The molecule has 238 valence electrons. The number of pyridine rings is 1. The molecule has 2 aliphatic heterocycles. The molecule has 6 rings (SSSR count). The number of halogens is 1. The summed E-state index contributed by atoms with van der Waals surface area (Å²) < 4.78 is 26.4. The number of para-hydroxylation sites is 1. The third-order valence-corrected chi connectivity index (χ3v) is 8.57. The second-order valence-electron chi connectivity index (χ2n) is 12.1. The number of imide groups is 1. The summed E-state index contributed by atoms with van der Waals surface area (Å²) in [5, 5.41) is 5.18. The van der Waals surface area contributed by atoms with Crippen LogP contribution in [0, 0.1) is 11.2 Å². The molecule has 0 aliphatic carbocycles. The zero-order valence-corrected chi connectivity index (χ0v) is 26.2. The number of nitrogens with one attached hydrogen (secondary N) is 2. The third kappa shape index (κ3) is 6.20. The quantitative estimate of drug-likeness (QED) is 0.300. The molecule has 11 nitrogen and oxygen atoms in total. The number of rotatable bonds is 7. The number of hydrogen-bond acceptors (Lipinski definition) is 9.